The third-order valence-corrected chi connectivity index (χ3v) is 4.53. The molecule has 2 bridgehead atoms. The number of rotatable bonds is 2. The van der Waals surface area contributed by atoms with E-state index in [2.05, 4.69) is 32.2 Å². The molecule has 2 fully saturated rings. The fourth-order valence-corrected chi connectivity index (χ4v) is 3.31. The maximum Gasteiger partial charge on any atom is 0.173 e. The lowest BCUT2D eigenvalue weighted by atomic mass is 10.1. The van der Waals surface area contributed by atoms with Crippen LogP contribution in [-0.4, -0.2) is 58.4 Å². The molecule has 2 unspecified atom stereocenters. The molecule has 0 spiro atoms. The molecule has 0 amide bonds. The van der Waals surface area contributed by atoms with Crippen molar-refractivity contribution in [2.45, 2.75) is 31.3 Å². The molecule has 3 N–H and O–H groups in total. The smallest absolute Gasteiger partial charge is 0.173 e. The van der Waals surface area contributed by atoms with Crippen LogP contribution in [0.3, 0.4) is 0 Å². The molecule has 0 aliphatic carbocycles. The summed E-state index contributed by atoms with van der Waals surface area (Å²) >= 11 is 0. The van der Waals surface area contributed by atoms with Crippen molar-refractivity contribution < 1.29 is 5.21 Å². The van der Waals surface area contributed by atoms with Crippen LogP contribution in [-0.2, 0) is 0 Å². The largest absolute Gasteiger partial charge is 0.409 e. The summed E-state index contributed by atoms with van der Waals surface area (Å²) < 4.78 is 0. The van der Waals surface area contributed by atoms with E-state index < -0.39 is 0 Å². The number of amidine groups is 1. The van der Waals surface area contributed by atoms with Crippen LogP contribution in [0.25, 0.3) is 0 Å². The minimum atomic E-state index is 0.0812. The SMILES string of the molecule is CN1C2CCC1CN(c1nnccc1/C(N)=N/O)CC2. The molecule has 0 aromatic carbocycles. The van der Waals surface area contributed by atoms with Crippen LogP contribution in [0.2, 0.25) is 0 Å². The highest BCUT2D eigenvalue weighted by Crippen LogP contribution is 2.30. The topological polar surface area (TPSA) is 90.9 Å². The first-order valence-corrected chi connectivity index (χ1v) is 6.97. The van der Waals surface area contributed by atoms with E-state index in [0.717, 1.165) is 19.5 Å². The van der Waals surface area contributed by atoms with E-state index in [0.29, 0.717) is 23.5 Å². The predicted molar refractivity (Wildman–Crippen MR) is 75.9 cm³/mol. The van der Waals surface area contributed by atoms with Crippen molar-refractivity contribution in [2.75, 3.05) is 25.0 Å². The minimum Gasteiger partial charge on any atom is -0.409 e. The van der Waals surface area contributed by atoms with Crippen molar-refractivity contribution in [3.05, 3.63) is 17.8 Å². The van der Waals surface area contributed by atoms with Crippen molar-refractivity contribution in [3.8, 4) is 0 Å². The quantitative estimate of drug-likeness (QED) is 0.348. The Bertz CT molecular complexity index is 519. The molecule has 0 radical (unpaired) electrons. The van der Waals surface area contributed by atoms with Crippen molar-refractivity contribution in [1.29, 1.82) is 0 Å². The van der Waals surface area contributed by atoms with Gasteiger partial charge in [-0.3, -0.25) is 4.90 Å². The summed E-state index contributed by atoms with van der Waals surface area (Å²) in [7, 11) is 2.20. The Kier molecular flexibility index (Phi) is 3.43. The number of anilines is 1. The van der Waals surface area contributed by atoms with Crippen molar-refractivity contribution >= 4 is 11.7 Å². The van der Waals surface area contributed by atoms with E-state index in [4.69, 9.17) is 10.9 Å². The molecule has 3 heterocycles. The molecule has 7 nitrogen and oxygen atoms in total. The number of nitrogens with two attached hydrogens (primary N) is 1. The van der Waals surface area contributed by atoms with E-state index >= 15 is 0 Å². The molecule has 2 saturated heterocycles. The standard InChI is InChI=1S/C13H20N6O/c1-18-9-2-3-10(18)8-19(7-5-9)13-11(12(14)17-20)4-6-15-16-13/h4,6,9-10,20H,2-3,5,7-8H2,1H3,(H2,14,17). The Balaban J connectivity index is 1.90. The van der Waals surface area contributed by atoms with Gasteiger partial charge in [0.2, 0.25) is 0 Å². The van der Waals surface area contributed by atoms with Crippen LogP contribution in [0.5, 0.6) is 0 Å². The van der Waals surface area contributed by atoms with E-state index in [1.54, 1.807) is 12.3 Å². The summed E-state index contributed by atoms with van der Waals surface area (Å²) in [4.78, 5) is 4.68. The molecule has 7 heteroatoms. The Hall–Kier alpha value is -1.89. The lowest BCUT2D eigenvalue weighted by molar-refractivity contribution is 0.254. The van der Waals surface area contributed by atoms with Gasteiger partial charge in [-0.25, -0.2) is 0 Å². The van der Waals surface area contributed by atoms with E-state index in [1.807, 2.05) is 0 Å². The Morgan fingerprint density at radius 2 is 2.20 bits per heavy atom. The van der Waals surface area contributed by atoms with Crippen LogP contribution >= 0.6 is 0 Å². The molecule has 1 aromatic heterocycles. The summed E-state index contributed by atoms with van der Waals surface area (Å²) in [6.07, 6.45) is 5.17. The minimum absolute atomic E-state index is 0.0812. The Labute approximate surface area is 118 Å². The average Bonchev–Trinajstić information content (AvgIpc) is 2.71. The zero-order valence-electron chi connectivity index (χ0n) is 11.6. The molecular formula is C13H20N6O. The lowest BCUT2D eigenvalue weighted by Gasteiger charge is -2.27. The van der Waals surface area contributed by atoms with Crippen LogP contribution in [0.15, 0.2) is 17.4 Å². The van der Waals surface area contributed by atoms with Crippen LogP contribution in [0.1, 0.15) is 24.8 Å². The number of nitrogens with zero attached hydrogens (tertiary/aromatic N) is 5. The second kappa shape index (κ2) is 5.24. The average molecular weight is 276 g/mol. The molecular weight excluding hydrogens is 256 g/mol. The van der Waals surface area contributed by atoms with Gasteiger partial charge in [0.25, 0.3) is 0 Å². The van der Waals surface area contributed by atoms with Gasteiger partial charge in [-0.2, -0.15) is 5.10 Å². The first kappa shape index (κ1) is 13.1. The first-order chi connectivity index (χ1) is 9.70. The van der Waals surface area contributed by atoms with Gasteiger partial charge >= 0.3 is 0 Å². The van der Waals surface area contributed by atoms with Gasteiger partial charge in [0, 0.05) is 25.2 Å². The molecule has 3 rings (SSSR count). The predicted octanol–water partition coefficient (Wildman–Crippen LogP) is 0.244. The first-order valence-electron chi connectivity index (χ1n) is 6.97. The summed E-state index contributed by atoms with van der Waals surface area (Å²) in [5.41, 5.74) is 6.38. The second-order valence-corrected chi connectivity index (χ2v) is 5.54. The summed E-state index contributed by atoms with van der Waals surface area (Å²) in [5.74, 6) is 0.793. The van der Waals surface area contributed by atoms with Crippen LogP contribution in [0, 0.1) is 0 Å². The highest BCUT2D eigenvalue weighted by molar-refractivity contribution is 6.01. The number of fused-ring (bicyclic) bond motifs is 2. The Morgan fingerprint density at radius 3 is 3.00 bits per heavy atom. The molecule has 2 aliphatic rings. The van der Waals surface area contributed by atoms with Crippen molar-refractivity contribution in [3.63, 3.8) is 0 Å². The van der Waals surface area contributed by atoms with Gasteiger partial charge in [-0.05, 0) is 32.4 Å². The number of aromatic nitrogens is 2. The second-order valence-electron chi connectivity index (χ2n) is 5.54. The van der Waals surface area contributed by atoms with E-state index in [1.165, 1.54) is 12.8 Å². The molecule has 108 valence electrons. The molecule has 20 heavy (non-hydrogen) atoms. The van der Waals surface area contributed by atoms with Crippen LogP contribution < -0.4 is 10.6 Å². The summed E-state index contributed by atoms with van der Waals surface area (Å²) in [6.45, 7) is 1.84. The van der Waals surface area contributed by atoms with Crippen molar-refractivity contribution in [2.24, 2.45) is 10.9 Å². The van der Waals surface area contributed by atoms with Gasteiger partial charge in [0.05, 0.1) is 11.8 Å². The fraction of sp³-hybridized carbons (Fsp3) is 0.615. The summed E-state index contributed by atoms with van der Waals surface area (Å²) in [6, 6.07) is 2.95. The number of hydrogen-bond acceptors (Lipinski definition) is 6. The molecule has 2 atom stereocenters. The number of hydrogen-bond donors (Lipinski definition) is 2. The highest BCUT2D eigenvalue weighted by atomic mass is 16.4. The molecule has 2 aliphatic heterocycles. The van der Waals surface area contributed by atoms with Crippen molar-refractivity contribution in [1.82, 2.24) is 15.1 Å². The molecule has 0 saturated carbocycles. The van der Waals surface area contributed by atoms with E-state index in [9.17, 15) is 0 Å². The van der Waals surface area contributed by atoms with Gasteiger partial charge < -0.3 is 15.8 Å². The van der Waals surface area contributed by atoms with Gasteiger partial charge in [0.1, 0.15) is 0 Å². The summed E-state index contributed by atoms with van der Waals surface area (Å²) in [5, 5.41) is 20.2. The lowest BCUT2D eigenvalue weighted by Crippen LogP contribution is -2.38. The number of oxime groups is 1. The van der Waals surface area contributed by atoms with Crippen LogP contribution in [0.4, 0.5) is 5.82 Å². The number of likely N-dealkylation sites (N-methyl/N-ethyl adjacent to an activating group) is 1. The highest BCUT2D eigenvalue weighted by Gasteiger charge is 2.35. The van der Waals surface area contributed by atoms with Gasteiger partial charge in [0.15, 0.2) is 11.7 Å². The maximum atomic E-state index is 8.90. The zero-order valence-corrected chi connectivity index (χ0v) is 11.6. The van der Waals surface area contributed by atoms with E-state index in [-0.39, 0.29) is 5.84 Å². The zero-order chi connectivity index (χ0) is 14.1. The van der Waals surface area contributed by atoms with Gasteiger partial charge in [-0.15, -0.1) is 5.10 Å². The monoisotopic (exact) mass is 276 g/mol. The maximum absolute atomic E-state index is 8.90. The third-order valence-electron chi connectivity index (χ3n) is 4.53. The third kappa shape index (κ3) is 2.18. The normalized spacial score (nSPS) is 27.6. The molecule has 1 aromatic rings. The Morgan fingerprint density at radius 1 is 1.40 bits per heavy atom. The van der Waals surface area contributed by atoms with Gasteiger partial charge in [-0.1, -0.05) is 5.16 Å². The fourth-order valence-electron chi connectivity index (χ4n) is 3.31.